The van der Waals surface area contributed by atoms with Gasteiger partial charge in [0.1, 0.15) is 5.82 Å². The van der Waals surface area contributed by atoms with E-state index in [2.05, 4.69) is 61.9 Å². The topological polar surface area (TPSA) is 59.8 Å². The van der Waals surface area contributed by atoms with Crippen LogP contribution >= 0.6 is 23.1 Å². The number of thioether (sulfide) groups is 1. The van der Waals surface area contributed by atoms with E-state index in [-0.39, 0.29) is 11.7 Å². The van der Waals surface area contributed by atoms with Crippen LogP contribution in [0.25, 0.3) is 0 Å². The van der Waals surface area contributed by atoms with Crippen molar-refractivity contribution in [3.63, 3.8) is 0 Å². The number of nitrogens with zero attached hydrogens (tertiary/aromatic N) is 3. The van der Waals surface area contributed by atoms with Crippen molar-refractivity contribution in [2.75, 3.05) is 11.1 Å². The van der Waals surface area contributed by atoms with Gasteiger partial charge in [0, 0.05) is 23.5 Å². The Labute approximate surface area is 190 Å². The van der Waals surface area contributed by atoms with Gasteiger partial charge in [-0.15, -0.1) is 21.5 Å². The van der Waals surface area contributed by atoms with Gasteiger partial charge in [-0.3, -0.25) is 4.79 Å². The Hall–Kier alpha value is -2.90. The standard InChI is InChI=1S/C24H24N4OS2/c1-18-9-11-20(12-10-18)25-23(29)17-31-24-27-26-22(16-21-8-5-15-30-21)28(24)14-13-19-6-3-2-4-7-19/h2-12,15H,13-14,16-17H2,1H3,(H,25,29). The third kappa shape index (κ3) is 6.06. The Morgan fingerprint density at radius 3 is 2.58 bits per heavy atom. The minimum Gasteiger partial charge on any atom is -0.325 e. The number of hydrogen-bond donors (Lipinski definition) is 1. The number of amides is 1. The lowest BCUT2D eigenvalue weighted by atomic mass is 10.1. The summed E-state index contributed by atoms with van der Waals surface area (Å²) in [5.41, 5.74) is 3.24. The molecule has 0 aliphatic carbocycles. The van der Waals surface area contributed by atoms with Crippen LogP contribution < -0.4 is 5.32 Å². The highest BCUT2D eigenvalue weighted by atomic mass is 32.2. The third-order valence-corrected chi connectivity index (χ3v) is 6.68. The predicted molar refractivity (Wildman–Crippen MR) is 128 cm³/mol. The number of aryl methyl sites for hydroxylation is 2. The number of benzene rings is 2. The quantitative estimate of drug-likeness (QED) is 0.357. The molecule has 1 N–H and O–H groups in total. The molecule has 7 heteroatoms. The number of nitrogens with one attached hydrogen (secondary N) is 1. The summed E-state index contributed by atoms with van der Waals surface area (Å²) in [4.78, 5) is 13.7. The van der Waals surface area contributed by atoms with E-state index in [1.54, 1.807) is 11.3 Å². The Balaban J connectivity index is 1.44. The molecule has 0 unspecified atom stereocenters. The summed E-state index contributed by atoms with van der Waals surface area (Å²) in [5, 5.41) is 14.6. The number of carbonyl (C=O) groups excluding carboxylic acids is 1. The Bertz CT molecular complexity index is 1110. The maximum atomic E-state index is 12.4. The SMILES string of the molecule is Cc1ccc(NC(=O)CSc2nnc(Cc3cccs3)n2CCc2ccccc2)cc1. The second kappa shape index (κ2) is 10.4. The zero-order valence-corrected chi connectivity index (χ0v) is 19.0. The molecule has 0 aliphatic rings. The smallest absolute Gasteiger partial charge is 0.234 e. The van der Waals surface area contributed by atoms with Gasteiger partial charge in [-0.1, -0.05) is 65.9 Å². The molecule has 5 nitrogen and oxygen atoms in total. The molecule has 158 valence electrons. The average molecular weight is 449 g/mol. The van der Waals surface area contributed by atoms with Crippen molar-refractivity contribution in [1.29, 1.82) is 0 Å². The summed E-state index contributed by atoms with van der Waals surface area (Å²) < 4.78 is 2.15. The van der Waals surface area contributed by atoms with Crippen LogP contribution in [0.1, 0.15) is 21.8 Å². The van der Waals surface area contributed by atoms with Gasteiger partial charge in [-0.2, -0.15) is 0 Å². The van der Waals surface area contributed by atoms with Crippen LogP contribution in [0.5, 0.6) is 0 Å². The Morgan fingerprint density at radius 2 is 1.84 bits per heavy atom. The molecule has 0 radical (unpaired) electrons. The third-order valence-electron chi connectivity index (χ3n) is 4.84. The Kier molecular flexibility index (Phi) is 7.17. The van der Waals surface area contributed by atoms with Crippen LogP contribution in [0.2, 0.25) is 0 Å². The highest BCUT2D eigenvalue weighted by Crippen LogP contribution is 2.21. The van der Waals surface area contributed by atoms with Crippen LogP contribution in [-0.4, -0.2) is 26.4 Å². The summed E-state index contributed by atoms with van der Waals surface area (Å²) in [7, 11) is 0. The molecule has 0 fully saturated rings. The highest BCUT2D eigenvalue weighted by molar-refractivity contribution is 7.99. The van der Waals surface area contributed by atoms with Crippen LogP contribution in [-0.2, 0) is 24.2 Å². The highest BCUT2D eigenvalue weighted by Gasteiger charge is 2.15. The number of aromatic nitrogens is 3. The molecule has 0 saturated heterocycles. The van der Waals surface area contributed by atoms with Gasteiger partial charge in [0.15, 0.2) is 5.16 Å². The van der Waals surface area contributed by atoms with Crippen LogP contribution in [0, 0.1) is 6.92 Å². The molecular weight excluding hydrogens is 424 g/mol. The fraction of sp³-hybridized carbons (Fsp3) is 0.208. The van der Waals surface area contributed by atoms with Gasteiger partial charge in [0.05, 0.1) is 5.75 Å². The van der Waals surface area contributed by atoms with Gasteiger partial charge in [0.25, 0.3) is 0 Å². The first kappa shape index (κ1) is 21.3. The molecule has 4 aromatic rings. The number of rotatable bonds is 9. The summed E-state index contributed by atoms with van der Waals surface area (Å²) in [6, 6.07) is 22.4. The van der Waals surface area contributed by atoms with E-state index in [4.69, 9.17) is 0 Å². The van der Waals surface area contributed by atoms with E-state index in [1.807, 2.05) is 37.3 Å². The molecule has 0 saturated carbocycles. The van der Waals surface area contributed by atoms with Crippen molar-refractivity contribution in [3.8, 4) is 0 Å². The number of carbonyl (C=O) groups is 1. The average Bonchev–Trinajstić information content (AvgIpc) is 3.43. The molecule has 2 heterocycles. The number of anilines is 1. The minimum absolute atomic E-state index is 0.0498. The monoisotopic (exact) mass is 448 g/mol. The predicted octanol–water partition coefficient (Wildman–Crippen LogP) is 5.21. The molecular formula is C24H24N4OS2. The summed E-state index contributed by atoms with van der Waals surface area (Å²) in [5.74, 6) is 1.17. The molecule has 0 atom stereocenters. The largest absolute Gasteiger partial charge is 0.325 e. The van der Waals surface area contributed by atoms with Crippen molar-refractivity contribution in [2.24, 2.45) is 0 Å². The second-order valence-corrected chi connectivity index (χ2v) is 9.22. The van der Waals surface area contributed by atoms with E-state index in [9.17, 15) is 4.79 Å². The van der Waals surface area contributed by atoms with Crippen LogP contribution in [0.4, 0.5) is 5.69 Å². The van der Waals surface area contributed by atoms with E-state index < -0.39 is 0 Å². The van der Waals surface area contributed by atoms with Crippen LogP contribution in [0.3, 0.4) is 0 Å². The van der Waals surface area contributed by atoms with Gasteiger partial charge in [-0.25, -0.2) is 0 Å². The summed E-state index contributed by atoms with van der Waals surface area (Å²) in [6.07, 6.45) is 1.63. The van der Waals surface area contributed by atoms with Crippen LogP contribution in [0.15, 0.2) is 77.3 Å². The van der Waals surface area contributed by atoms with Crippen molar-refractivity contribution in [1.82, 2.24) is 14.8 Å². The molecule has 0 aliphatic heterocycles. The van der Waals surface area contributed by atoms with E-state index in [0.717, 1.165) is 41.6 Å². The summed E-state index contributed by atoms with van der Waals surface area (Å²) >= 11 is 3.15. The molecule has 0 spiro atoms. The molecule has 1 amide bonds. The first-order valence-electron chi connectivity index (χ1n) is 10.1. The normalized spacial score (nSPS) is 10.9. The lowest BCUT2D eigenvalue weighted by Crippen LogP contribution is -2.15. The summed E-state index contributed by atoms with van der Waals surface area (Å²) in [6.45, 7) is 2.80. The fourth-order valence-electron chi connectivity index (χ4n) is 3.20. The first-order chi connectivity index (χ1) is 15.2. The van der Waals surface area contributed by atoms with Crippen molar-refractivity contribution in [2.45, 2.75) is 31.5 Å². The van der Waals surface area contributed by atoms with E-state index >= 15 is 0 Å². The zero-order chi connectivity index (χ0) is 21.5. The van der Waals surface area contributed by atoms with Gasteiger partial charge in [-0.05, 0) is 42.5 Å². The van der Waals surface area contributed by atoms with E-state index in [0.29, 0.717) is 0 Å². The minimum atomic E-state index is -0.0498. The maximum absolute atomic E-state index is 12.4. The maximum Gasteiger partial charge on any atom is 0.234 e. The van der Waals surface area contributed by atoms with Crippen molar-refractivity contribution >= 4 is 34.7 Å². The van der Waals surface area contributed by atoms with Crippen molar-refractivity contribution < 1.29 is 4.79 Å². The molecule has 4 rings (SSSR count). The van der Waals surface area contributed by atoms with E-state index in [1.165, 1.54) is 22.2 Å². The van der Waals surface area contributed by atoms with Crippen molar-refractivity contribution in [3.05, 3.63) is 93.9 Å². The van der Waals surface area contributed by atoms with Gasteiger partial charge in [0.2, 0.25) is 5.91 Å². The number of hydrogen-bond acceptors (Lipinski definition) is 5. The molecule has 0 bridgehead atoms. The fourth-order valence-corrected chi connectivity index (χ4v) is 4.68. The first-order valence-corrected chi connectivity index (χ1v) is 12.0. The number of thiophene rings is 1. The Morgan fingerprint density at radius 1 is 1.03 bits per heavy atom. The molecule has 31 heavy (non-hydrogen) atoms. The molecule has 2 aromatic heterocycles. The molecule has 2 aromatic carbocycles. The lowest BCUT2D eigenvalue weighted by molar-refractivity contribution is -0.113. The zero-order valence-electron chi connectivity index (χ0n) is 17.3. The van der Waals surface area contributed by atoms with Gasteiger partial charge < -0.3 is 9.88 Å². The van der Waals surface area contributed by atoms with Gasteiger partial charge >= 0.3 is 0 Å². The lowest BCUT2D eigenvalue weighted by Gasteiger charge is -2.10. The second-order valence-electron chi connectivity index (χ2n) is 7.25.